The van der Waals surface area contributed by atoms with Crippen molar-refractivity contribution in [1.82, 2.24) is 4.98 Å². The second kappa shape index (κ2) is 7.86. The summed E-state index contributed by atoms with van der Waals surface area (Å²) >= 11 is 1.58. The highest BCUT2D eigenvalue weighted by molar-refractivity contribution is 7.13. The lowest BCUT2D eigenvalue weighted by Crippen LogP contribution is -2.45. The molecule has 1 saturated heterocycles. The maximum atomic E-state index is 12.9. The standard InChI is InChI=1S/C19H23N3O3S/c1-12-18(26-14(3)20-12)13(2)21-25-17-10-7-11-22(19(17)23)15-8-5-6-9-16(15)24-4/h5-6,8-9,17H,7,10-11H2,1-4H3/b21-13-. The number of amides is 1. The van der Waals surface area contributed by atoms with Gasteiger partial charge < -0.3 is 14.5 Å². The molecule has 26 heavy (non-hydrogen) atoms. The van der Waals surface area contributed by atoms with Crippen LogP contribution in [0.1, 0.15) is 35.3 Å². The Morgan fingerprint density at radius 1 is 1.35 bits per heavy atom. The highest BCUT2D eigenvalue weighted by Crippen LogP contribution is 2.31. The molecule has 0 aliphatic carbocycles. The van der Waals surface area contributed by atoms with E-state index in [0.717, 1.165) is 33.4 Å². The number of methoxy groups -OCH3 is 1. The Hall–Kier alpha value is -2.41. The number of nitrogens with zero attached hydrogens (tertiary/aromatic N) is 3. The van der Waals surface area contributed by atoms with Crippen molar-refractivity contribution in [3.63, 3.8) is 0 Å². The summed E-state index contributed by atoms with van der Waals surface area (Å²) in [7, 11) is 1.61. The molecule has 0 bridgehead atoms. The number of rotatable bonds is 5. The average molecular weight is 373 g/mol. The lowest BCUT2D eigenvalue weighted by molar-refractivity contribution is -0.132. The number of anilines is 1. The fraction of sp³-hybridized carbons (Fsp3) is 0.421. The third-order valence-corrected chi connectivity index (χ3v) is 5.50. The van der Waals surface area contributed by atoms with Crippen LogP contribution in [0.25, 0.3) is 0 Å². The van der Waals surface area contributed by atoms with E-state index in [0.29, 0.717) is 18.7 Å². The molecule has 1 unspecified atom stereocenters. The molecule has 1 aliphatic rings. The Balaban J connectivity index is 1.76. The average Bonchev–Trinajstić information content (AvgIpc) is 2.99. The highest BCUT2D eigenvalue weighted by atomic mass is 32.1. The predicted molar refractivity (Wildman–Crippen MR) is 103 cm³/mol. The molecular formula is C19H23N3O3S. The zero-order chi connectivity index (χ0) is 18.7. The van der Waals surface area contributed by atoms with Crippen LogP contribution >= 0.6 is 11.3 Å². The van der Waals surface area contributed by atoms with Gasteiger partial charge in [-0.05, 0) is 45.7 Å². The van der Waals surface area contributed by atoms with E-state index in [-0.39, 0.29) is 5.91 Å². The number of benzene rings is 1. The minimum atomic E-state index is -0.585. The van der Waals surface area contributed by atoms with Gasteiger partial charge in [-0.2, -0.15) is 0 Å². The van der Waals surface area contributed by atoms with Crippen molar-refractivity contribution in [2.45, 2.75) is 39.7 Å². The number of para-hydroxylation sites is 2. The maximum absolute atomic E-state index is 12.9. The van der Waals surface area contributed by atoms with E-state index in [9.17, 15) is 4.79 Å². The molecule has 1 aromatic carbocycles. The van der Waals surface area contributed by atoms with Crippen LogP contribution in [0.5, 0.6) is 5.75 Å². The monoisotopic (exact) mass is 373 g/mol. The molecule has 1 aromatic heterocycles. The molecule has 0 radical (unpaired) electrons. The largest absolute Gasteiger partial charge is 0.495 e. The summed E-state index contributed by atoms with van der Waals surface area (Å²) in [5.41, 5.74) is 2.45. The molecule has 2 heterocycles. The van der Waals surface area contributed by atoms with Crippen molar-refractivity contribution in [2.75, 3.05) is 18.6 Å². The molecule has 2 aromatic rings. The number of thiazole rings is 1. The molecular weight excluding hydrogens is 350 g/mol. The molecule has 0 N–H and O–H groups in total. The third-order valence-electron chi connectivity index (χ3n) is 4.31. The van der Waals surface area contributed by atoms with E-state index in [1.807, 2.05) is 45.0 Å². The van der Waals surface area contributed by atoms with Gasteiger partial charge in [-0.25, -0.2) is 4.98 Å². The number of aryl methyl sites for hydroxylation is 2. The van der Waals surface area contributed by atoms with Crippen LogP contribution in [0.3, 0.4) is 0 Å². The van der Waals surface area contributed by atoms with Crippen LogP contribution in [-0.4, -0.2) is 36.4 Å². The summed E-state index contributed by atoms with van der Waals surface area (Å²) in [6.07, 6.45) is 0.918. The molecule has 138 valence electrons. The van der Waals surface area contributed by atoms with E-state index in [1.54, 1.807) is 23.3 Å². The SMILES string of the molecule is COc1ccccc1N1CCCC(O/N=C(/C)c2sc(C)nc2C)C1=O. The van der Waals surface area contributed by atoms with Crippen molar-refractivity contribution in [3.8, 4) is 5.75 Å². The van der Waals surface area contributed by atoms with Crippen molar-refractivity contribution >= 4 is 28.6 Å². The second-order valence-corrected chi connectivity index (χ2v) is 7.43. The zero-order valence-electron chi connectivity index (χ0n) is 15.5. The van der Waals surface area contributed by atoms with Crippen LogP contribution in [0.15, 0.2) is 29.4 Å². The van der Waals surface area contributed by atoms with Crippen molar-refractivity contribution in [3.05, 3.63) is 39.8 Å². The molecule has 3 rings (SSSR count). The van der Waals surface area contributed by atoms with Gasteiger partial charge in [0.25, 0.3) is 5.91 Å². The Morgan fingerprint density at radius 3 is 2.81 bits per heavy atom. The molecule has 0 spiro atoms. The first-order valence-electron chi connectivity index (χ1n) is 8.60. The minimum absolute atomic E-state index is 0.0884. The van der Waals surface area contributed by atoms with Crippen LogP contribution in [0.2, 0.25) is 0 Å². The predicted octanol–water partition coefficient (Wildman–Crippen LogP) is 3.70. The van der Waals surface area contributed by atoms with Crippen molar-refractivity contribution in [1.29, 1.82) is 0 Å². The van der Waals surface area contributed by atoms with Gasteiger partial charge >= 0.3 is 0 Å². The number of ether oxygens (including phenoxy) is 1. The first kappa shape index (κ1) is 18.4. The number of oxime groups is 1. The Kier molecular flexibility index (Phi) is 5.56. The Morgan fingerprint density at radius 2 is 2.12 bits per heavy atom. The topological polar surface area (TPSA) is 64.0 Å². The van der Waals surface area contributed by atoms with Crippen LogP contribution < -0.4 is 9.64 Å². The summed E-state index contributed by atoms with van der Waals surface area (Å²) < 4.78 is 5.39. The van der Waals surface area contributed by atoms with Crippen LogP contribution in [-0.2, 0) is 9.63 Å². The van der Waals surface area contributed by atoms with E-state index in [2.05, 4.69) is 10.1 Å². The molecule has 7 heteroatoms. The third kappa shape index (κ3) is 3.72. The summed E-state index contributed by atoms with van der Waals surface area (Å²) in [5, 5.41) is 5.21. The molecule has 0 saturated carbocycles. The summed E-state index contributed by atoms with van der Waals surface area (Å²) in [6.45, 7) is 6.44. The maximum Gasteiger partial charge on any atom is 0.270 e. The van der Waals surface area contributed by atoms with E-state index < -0.39 is 6.10 Å². The summed E-state index contributed by atoms with van der Waals surface area (Å²) in [5.74, 6) is 0.589. The summed E-state index contributed by atoms with van der Waals surface area (Å²) in [6, 6.07) is 7.52. The quantitative estimate of drug-likeness (QED) is 0.592. The van der Waals surface area contributed by atoms with Gasteiger partial charge in [0.1, 0.15) is 5.75 Å². The Bertz CT molecular complexity index is 831. The zero-order valence-corrected chi connectivity index (χ0v) is 16.3. The molecule has 1 atom stereocenters. The van der Waals surface area contributed by atoms with Gasteiger partial charge in [-0.15, -0.1) is 11.3 Å². The van der Waals surface area contributed by atoms with Gasteiger partial charge in [-0.1, -0.05) is 17.3 Å². The summed E-state index contributed by atoms with van der Waals surface area (Å²) in [4.78, 5) is 25.6. The van der Waals surface area contributed by atoms with Crippen molar-refractivity contribution < 1.29 is 14.4 Å². The van der Waals surface area contributed by atoms with Crippen LogP contribution in [0.4, 0.5) is 5.69 Å². The lowest BCUT2D eigenvalue weighted by Gasteiger charge is -2.31. The van der Waals surface area contributed by atoms with E-state index >= 15 is 0 Å². The molecule has 6 nitrogen and oxygen atoms in total. The fourth-order valence-electron chi connectivity index (χ4n) is 3.08. The molecule has 1 fully saturated rings. The van der Waals surface area contributed by atoms with Gasteiger partial charge in [-0.3, -0.25) is 4.79 Å². The number of carbonyl (C=O) groups is 1. The normalized spacial score (nSPS) is 18.2. The number of hydrogen-bond acceptors (Lipinski definition) is 6. The van der Waals surface area contributed by atoms with Crippen molar-refractivity contribution in [2.24, 2.45) is 5.16 Å². The number of aromatic nitrogens is 1. The van der Waals surface area contributed by atoms with Gasteiger partial charge in [0, 0.05) is 6.54 Å². The number of hydrogen-bond donors (Lipinski definition) is 0. The van der Waals surface area contributed by atoms with Gasteiger partial charge in [0.05, 0.1) is 34.1 Å². The molecule has 1 amide bonds. The second-order valence-electron chi connectivity index (χ2n) is 6.22. The minimum Gasteiger partial charge on any atom is -0.495 e. The number of carbonyl (C=O) groups excluding carboxylic acids is 1. The Labute approximate surface area is 157 Å². The first-order valence-corrected chi connectivity index (χ1v) is 9.42. The highest BCUT2D eigenvalue weighted by Gasteiger charge is 2.33. The first-order chi connectivity index (χ1) is 12.5. The van der Waals surface area contributed by atoms with Crippen LogP contribution in [0, 0.1) is 13.8 Å². The van der Waals surface area contributed by atoms with Gasteiger partial charge in [0.2, 0.25) is 6.10 Å². The van der Waals surface area contributed by atoms with Gasteiger partial charge in [0.15, 0.2) is 0 Å². The smallest absolute Gasteiger partial charge is 0.270 e. The van der Waals surface area contributed by atoms with E-state index in [1.165, 1.54) is 0 Å². The fourth-order valence-corrected chi connectivity index (χ4v) is 3.94. The lowest BCUT2D eigenvalue weighted by atomic mass is 10.1. The molecule has 1 aliphatic heterocycles. The van der Waals surface area contributed by atoms with E-state index in [4.69, 9.17) is 9.57 Å². The number of piperidine rings is 1.